The molecule has 0 radical (unpaired) electrons. The van der Waals surface area contributed by atoms with Crippen molar-refractivity contribution in [1.82, 2.24) is 24.5 Å². The van der Waals surface area contributed by atoms with E-state index in [0.717, 1.165) is 4.90 Å². The summed E-state index contributed by atoms with van der Waals surface area (Å²) in [7, 11) is 0. The second kappa shape index (κ2) is 15.7. The van der Waals surface area contributed by atoms with Crippen LogP contribution in [-0.4, -0.2) is 172 Å². The maximum atomic E-state index is 12.8. The van der Waals surface area contributed by atoms with Crippen molar-refractivity contribution in [3.05, 3.63) is 0 Å². The van der Waals surface area contributed by atoms with E-state index >= 15 is 0 Å². The third kappa shape index (κ3) is 11.0. The highest BCUT2D eigenvalue weighted by Crippen LogP contribution is 2.23. The number of carboxylic acid groups (broad SMARTS) is 3. The minimum atomic E-state index is -1.03. The molecule has 0 aromatic rings. The molecule has 2 aliphatic rings. The van der Waals surface area contributed by atoms with Crippen molar-refractivity contribution in [2.75, 3.05) is 91.3 Å². The molecule has 38 heavy (non-hydrogen) atoms. The molecule has 0 aromatic heterocycles. The fourth-order valence-electron chi connectivity index (χ4n) is 4.42. The number of rotatable bonds is 12. The van der Waals surface area contributed by atoms with E-state index in [2.05, 4.69) is 0 Å². The summed E-state index contributed by atoms with van der Waals surface area (Å²) in [6.07, 6.45) is 1.88. The molecule has 14 nitrogen and oxygen atoms in total. The third-order valence-electron chi connectivity index (χ3n) is 6.51. The number of carbonyl (C=O) groups excluding carboxylic acids is 3. The Bertz CT molecular complexity index is 857. The summed E-state index contributed by atoms with van der Waals surface area (Å²) in [6.45, 7) is 1.69. The quantitative estimate of drug-likeness (QED) is 0.222. The van der Waals surface area contributed by atoms with Gasteiger partial charge in [0.15, 0.2) is 0 Å². The number of nitrogens with zero attached hydrogens (tertiary/aromatic N) is 5. The van der Waals surface area contributed by atoms with Gasteiger partial charge in [-0.05, 0) is 6.26 Å². The molecule has 2 saturated heterocycles. The molecular formula is C23H37N5O9S. The van der Waals surface area contributed by atoms with Crippen molar-refractivity contribution >= 4 is 47.3 Å². The van der Waals surface area contributed by atoms with Crippen LogP contribution in [0.4, 0.5) is 0 Å². The molecule has 2 aliphatic heterocycles. The molecule has 0 spiro atoms. The number of carbonyl (C=O) groups is 6. The van der Waals surface area contributed by atoms with E-state index in [1.54, 1.807) is 21.0 Å². The zero-order chi connectivity index (χ0) is 28.2. The number of imide groups is 1. The zero-order valence-corrected chi connectivity index (χ0v) is 22.4. The first-order valence-electron chi connectivity index (χ1n) is 12.4. The predicted octanol–water partition coefficient (Wildman–Crippen LogP) is -2.09. The smallest absolute Gasteiger partial charge is 0.317 e. The SMILES string of the molecule is CSC1CC(=O)N(CCC(=O)CN2CCN(CC(=O)O)CCN(CC(=O)O)CCN(CC(=O)O)CC2)C1=O. The summed E-state index contributed by atoms with van der Waals surface area (Å²) in [5.74, 6) is -3.85. The summed E-state index contributed by atoms with van der Waals surface area (Å²) >= 11 is 1.30. The maximum absolute atomic E-state index is 12.8. The average molecular weight is 560 g/mol. The van der Waals surface area contributed by atoms with Crippen LogP contribution in [0, 0.1) is 0 Å². The van der Waals surface area contributed by atoms with Crippen LogP contribution in [0.3, 0.4) is 0 Å². The molecule has 2 heterocycles. The molecule has 2 fully saturated rings. The molecule has 2 rings (SSSR count). The Hall–Kier alpha value is -2.59. The van der Waals surface area contributed by atoms with Crippen molar-refractivity contribution in [3.8, 4) is 0 Å². The van der Waals surface area contributed by atoms with Crippen molar-refractivity contribution in [2.24, 2.45) is 0 Å². The van der Waals surface area contributed by atoms with Crippen molar-refractivity contribution < 1.29 is 44.1 Å². The molecular weight excluding hydrogens is 522 g/mol. The normalized spacial score (nSPS) is 21.7. The Kier molecular flexibility index (Phi) is 13.1. The minimum absolute atomic E-state index is 0.00307. The van der Waals surface area contributed by atoms with Gasteiger partial charge in [0, 0.05) is 71.7 Å². The third-order valence-corrected chi connectivity index (χ3v) is 7.45. The van der Waals surface area contributed by atoms with Gasteiger partial charge in [-0.3, -0.25) is 53.3 Å². The van der Waals surface area contributed by atoms with Crippen molar-refractivity contribution in [1.29, 1.82) is 0 Å². The lowest BCUT2D eigenvalue weighted by Gasteiger charge is -2.32. The Labute approximate surface area is 225 Å². The molecule has 3 N–H and O–H groups in total. The largest absolute Gasteiger partial charge is 0.480 e. The minimum Gasteiger partial charge on any atom is -0.480 e. The van der Waals surface area contributed by atoms with Gasteiger partial charge in [-0.1, -0.05) is 0 Å². The Morgan fingerprint density at radius 1 is 0.711 bits per heavy atom. The number of thioether (sulfide) groups is 1. The fraction of sp³-hybridized carbons (Fsp3) is 0.739. The van der Waals surface area contributed by atoms with E-state index in [-0.39, 0.29) is 89.3 Å². The Morgan fingerprint density at radius 3 is 1.39 bits per heavy atom. The van der Waals surface area contributed by atoms with Crippen LogP contribution in [0.5, 0.6) is 0 Å². The highest BCUT2D eigenvalue weighted by molar-refractivity contribution is 8.00. The van der Waals surface area contributed by atoms with Crippen LogP contribution >= 0.6 is 11.8 Å². The number of ketones is 1. The van der Waals surface area contributed by atoms with Gasteiger partial charge in [0.05, 0.1) is 31.4 Å². The van der Waals surface area contributed by atoms with Gasteiger partial charge in [0.2, 0.25) is 11.8 Å². The lowest BCUT2D eigenvalue weighted by Crippen LogP contribution is -2.49. The molecule has 0 bridgehead atoms. The summed E-state index contributed by atoms with van der Waals surface area (Å²) < 4.78 is 0. The van der Waals surface area contributed by atoms with Gasteiger partial charge in [0.1, 0.15) is 5.78 Å². The highest BCUT2D eigenvalue weighted by Gasteiger charge is 2.37. The summed E-state index contributed by atoms with van der Waals surface area (Å²) in [4.78, 5) is 79.2. The van der Waals surface area contributed by atoms with Gasteiger partial charge in [0.25, 0.3) is 0 Å². The zero-order valence-electron chi connectivity index (χ0n) is 21.6. The first-order chi connectivity index (χ1) is 18.0. The lowest BCUT2D eigenvalue weighted by molar-refractivity contribution is -0.141. The molecule has 214 valence electrons. The molecule has 0 aromatic carbocycles. The van der Waals surface area contributed by atoms with Gasteiger partial charge in [-0.15, -0.1) is 0 Å². The second-order valence-corrected chi connectivity index (χ2v) is 10.4. The van der Waals surface area contributed by atoms with Crippen LogP contribution in [0.1, 0.15) is 12.8 Å². The Balaban J connectivity index is 2.06. The number of carboxylic acids is 3. The van der Waals surface area contributed by atoms with E-state index in [1.165, 1.54) is 11.8 Å². The van der Waals surface area contributed by atoms with Gasteiger partial charge < -0.3 is 15.3 Å². The molecule has 2 amide bonds. The summed E-state index contributed by atoms with van der Waals surface area (Å²) in [5, 5.41) is 27.4. The van der Waals surface area contributed by atoms with E-state index < -0.39 is 23.2 Å². The van der Waals surface area contributed by atoms with E-state index in [1.807, 2.05) is 4.90 Å². The summed E-state index contributed by atoms with van der Waals surface area (Å²) in [5.41, 5.74) is 0. The van der Waals surface area contributed by atoms with Crippen molar-refractivity contribution in [2.45, 2.75) is 18.1 Å². The predicted molar refractivity (Wildman–Crippen MR) is 137 cm³/mol. The van der Waals surface area contributed by atoms with E-state index in [0.29, 0.717) is 26.2 Å². The van der Waals surface area contributed by atoms with Crippen LogP contribution in [0.2, 0.25) is 0 Å². The maximum Gasteiger partial charge on any atom is 0.317 e. The molecule has 1 unspecified atom stereocenters. The van der Waals surface area contributed by atoms with Gasteiger partial charge in [-0.2, -0.15) is 11.8 Å². The van der Waals surface area contributed by atoms with E-state index in [9.17, 15) is 44.1 Å². The standard InChI is InChI=1S/C23H37N5O9S/c1-38-18-12-19(30)28(23(18)37)3-2-17(29)13-24-4-6-25(14-20(31)32)8-10-27(16-22(35)36)11-9-26(7-5-24)15-21(33)34/h18H,2-16H2,1H3,(H,31,32)(H,33,34)(H,35,36). The number of hydrogen-bond acceptors (Lipinski definition) is 11. The Morgan fingerprint density at radius 2 is 1.08 bits per heavy atom. The number of Topliss-reactive ketones (excluding diaryl/α,β-unsaturated/α-hetero) is 1. The average Bonchev–Trinajstić information content (AvgIpc) is 3.10. The number of aliphatic carboxylic acids is 3. The fourth-order valence-corrected chi connectivity index (χ4v) is 5.06. The first kappa shape index (κ1) is 31.6. The number of likely N-dealkylation sites (tertiary alicyclic amines) is 1. The molecule has 15 heteroatoms. The number of amides is 2. The number of hydrogen-bond donors (Lipinski definition) is 3. The van der Waals surface area contributed by atoms with E-state index in [4.69, 9.17) is 0 Å². The molecule has 1 atom stereocenters. The molecule has 0 aliphatic carbocycles. The van der Waals surface area contributed by atoms with Crippen LogP contribution in [-0.2, 0) is 28.8 Å². The monoisotopic (exact) mass is 559 g/mol. The second-order valence-electron chi connectivity index (χ2n) is 9.39. The lowest BCUT2D eigenvalue weighted by atomic mass is 10.2. The van der Waals surface area contributed by atoms with Crippen LogP contribution < -0.4 is 0 Å². The van der Waals surface area contributed by atoms with Crippen molar-refractivity contribution in [3.63, 3.8) is 0 Å². The van der Waals surface area contributed by atoms with Crippen LogP contribution in [0.25, 0.3) is 0 Å². The highest BCUT2D eigenvalue weighted by atomic mass is 32.2. The first-order valence-corrected chi connectivity index (χ1v) is 13.7. The van der Waals surface area contributed by atoms with Crippen LogP contribution in [0.15, 0.2) is 0 Å². The summed E-state index contributed by atoms with van der Waals surface area (Å²) in [6, 6.07) is 0. The molecule has 0 saturated carbocycles. The van der Waals surface area contributed by atoms with Gasteiger partial charge >= 0.3 is 17.9 Å². The van der Waals surface area contributed by atoms with Gasteiger partial charge in [-0.25, -0.2) is 0 Å². The topological polar surface area (TPSA) is 179 Å².